The zero-order valence-corrected chi connectivity index (χ0v) is 18.4. The van der Waals surface area contributed by atoms with E-state index in [1.54, 1.807) is 7.11 Å². The number of ether oxygens (including phenoxy) is 1. The molecule has 5 heteroatoms. The fourth-order valence-electron chi connectivity index (χ4n) is 2.32. The van der Waals surface area contributed by atoms with Gasteiger partial charge in [0.15, 0.2) is 0 Å². The summed E-state index contributed by atoms with van der Waals surface area (Å²) < 4.78 is 6.78. The van der Waals surface area contributed by atoms with E-state index in [1.807, 2.05) is 6.07 Å². The van der Waals surface area contributed by atoms with Gasteiger partial charge >= 0.3 is 133 Å². The number of benzene rings is 1. The molecule has 0 saturated carbocycles. The maximum atomic E-state index is 5.59. The van der Waals surface area contributed by atoms with Gasteiger partial charge in [0, 0.05) is 0 Å². The van der Waals surface area contributed by atoms with Crippen molar-refractivity contribution in [2.45, 2.75) is 41.5 Å². The number of rotatable bonds is 6. The molecule has 0 aliphatic carbocycles. The summed E-state index contributed by atoms with van der Waals surface area (Å²) in [4.78, 5) is 11.1. The van der Waals surface area contributed by atoms with Crippen molar-refractivity contribution in [1.82, 2.24) is 0 Å². The molecule has 2 atom stereocenters. The molecule has 1 heterocycles. The van der Waals surface area contributed by atoms with E-state index in [-0.39, 0.29) is 6.10 Å². The van der Waals surface area contributed by atoms with E-state index in [0.717, 1.165) is 25.7 Å². The van der Waals surface area contributed by atoms with Crippen molar-refractivity contribution in [2.24, 2.45) is 0 Å². The third-order valence-corrected chi connectivity index (χ3v) is 11.0. The summed E-state index contributed by atoms with van der Waals surface area (Å²) in [6, 6.07) is 10.4. The average Bonchev–Trinajstić information content (AvgIpc) is 2.48. The van der Waals surface area contributed by atoms with E-state index in [4.69, 9.17) is 14.5 Å². The second kappa shape index (κ2) is 8.08. The van der Waals surface area contributed by atoms with Crippen LogP contribution in [0.25, 0.3) is 0 Å². The number of methoxy groups -OCH3 is 1. The van der Waals surface area contributed by atoms with Gasteiger partial charge in [0.1, 0.15) is 0 Å². The summed E-state index contributed by atoms with van der Waals surface area (Å²) in [6.45, 7) is 0. The van der Waals surface area contributed by atoms with E-state index in [9.17, 15) is 0 Å². The molecule has 1 aromatic rings. The van der Waals surface area contributed by atoms with Crippen LogP contribution in [0.15, 0.2) is 30.3 Å². The predicted molar refractivity (Wildman–Crippen MR) is 73.4 cm³/mol. The summed E-state index contributed by atoms with van der Waals surface area (Å²) in [5, 5.41) is 0. The predicted octanol–water partition coefficient (Wildman–Crippen LogP) is 3.88. The van der Waals surface area contributed by atoms with Gasteiger partial charge in [0.2, 0.25) is 0 Å². The molecule has 2 rings (SSSR count). The molecule has 3 nitrogen and oxygen atoms in total. The third kappa shape index (κ3) is 4.78. The standard InChI is InChI=1S/C14H19O3.BrH.Hg/c1-12-8-10-14(15-2,17-16-12)11-9-13-6-4-3-5-7-13;;/h3-7,12H,1,8-11H2,2H3;1H;/q;;+1/p-1. The first kappa shape index (κ1) is 15.9. The molecule has 1 fully saturated rings. The Morgan fingerprint density at radius 2 is 2.21 bits per heavy atom. The quantitative estimate of drug-likeness (QED) is 0.425. The number of aryl methyl sites for hydroxylation is 1. The van der Waals surface area contributed by atoms with Crippen LogP contribution in [0.2, 0.25) is 3.93 Å². The SMILES string of the molecule is COC1(CCc2ccccc2)CCC([CH2][Hg][Br])OO1. The minimum absolute atomic E-state index is 0.279. The number of hydrogen-bond acceptors (Lipinski definition) is 3. The molecule has 1 aromatic carbocycles. The molecule has 0 amide bonds. The van der Waals surface area contributed by atoms with Gasteiger partial charge in [-0.05, 0) is 0 Å². The molecular formula is C14H19BrHgO3. The molecule has 1 aliphatic heterocycles. The molecule has 102 valence electrons. The van der Waals surface area contributed by atoms with Gasteiger partial charge in [-0.2, -0.15) is 0 Å². The van der Waals surface area contributed by atoms with Gasteiger partial charge in [-0.1, -0.05) is 0 Å². The summed E-state index contributed by atoms with van der Waals surface area (Å²) >= 11 is 2.83. The monoisotopic (exact) mass is 516 g/mol. The van der Waals surface area contributed by atoms with Crippen molar-refractivity contribution in [2.75, 3.05) is 7.11 Å². The van der Waals surface area contributed by atoms with Gasteiger partial charge in [-0.25, -0.2) is 0 Å². The first-order chi connectivity index (χ1) is 9.28. The van der Waals surface area contributed by atoms with Crippen LogP contribution in [0.1, 0.15) is 24.8 Å². The summed E-state index contributed by atoms with van der Waals surface area (Å²) in [5.74, 6) is -0.560. The van der Waals surface area contributed by atoms with Crippen LogP contribution in [0.5, 0.6) is 0 Å². The molecule has 19 heavy (non-hydrogen) atoms. The van der Waals surface area contributed by atoms with E-state index in [0.29, 0.717) is 0 Å². The van der Waals surface area contributed by atoms with Crippen LogP contribution >= 0.6 is 11.9 Å². The van der Waals surface area contributed by atoms with Gasteiger partial charge in [0.25, 0.3) is 0 Å². The zero-order valence-electron chi connectivity index (χ0n) is 11.3. The van der Waals surface area contributed by atoms with E-state index in [1.165, 1.54) is 9.49 Å². The molecule has 1 aliphatic rings. The van der Waals surface area contributed by atoms with E-state index >= 15 is 0 Å². The summed E-state index contributed by atoms with van der Waals surface area (Å²) in [6.07, 6.45) is 4.01. The Balaban J connectivity index is 1.86. The Labute approximate surface area is 132 Å². The van der Waals surface area contributed by atoms with Gasteiger partial charge in [-0.15, -0.1) is 0 Å². The van der Waals surface area contributed by atoms with Crippen LogP contribution in [0.4, 0.5) is 0 Å². The minimum atomic E-state index is -0.817. The molecule has 1 saturated heterocycles. The Kier molecular flexibility index (Phi) is 6.76. The van der Waals surface area contributed by atoms with Crippen LogP contribution < -0.4 is 0 Å². The van der Waals surface area contributed by atoms with Crippen molar-refractivity contribution in [3.63, 3.8) is 0 Å². The van der Waals surface area contributed by atoms with Gasteiger partial charge in [-0.3, -0.25) is 0 Å². The van der Waals surface area contributed by atoms with Crippen molar-refractivity contribution in [3.8, 4) is 0 Å². The van der Waals surface area contributed by atoms with Gasteiger partial charge in [0.05, 0.1) is 0 Å². The second-order valence-corrected chi connectivity index (χ2v) is 15.6. The second-order valence-electron chi connectivity index (χ2n) is 4.92. The summed E-state index contributed by atoms with van der Waals surface area (Å²) in [5.41, 5.74) is 1.31. The van der Waals surface area contributed by atoms with Crippen LogP contribution in [0.3, 0.4) is 0 Å². The maximum absolute atomic E-state index is 5.59. The average molecular weight is 516 g/mol. The summed E-state index contributed by atoms with van der Waals surface area (Å²) in [7, 11) is 1.71. The topological polar surface area (TPSA) is 27.7 Å². The molecule has 2 unspecified atom stereocenters. The Morgan fingerprint density at radius 3 is 2.79 bits per heavy atom. The first-order valence-electron chi connectivity index (χ1n) is 6.77. The van der Waals surface area contributed by atoms with Crippen molar-refractivity contribution >= 4 is 11.9 Å². The van der Waals surface area contributed by atoms with Gasteiger partial charge < -0.3 is 0 Å². The molecule has 0 bridgehead atoms. The Morgan fingerprint density at radius 1 is 1.42 bits per heavy atom. The Bertz CT molecular complexity index is 366. The first-order valence-corrected chi connectivity index (χ1v) is 22.6. The molecule has 0 aromatic heterocycles. The molecule has 0 radical (unpaired) electrons. The fraction of sp³-hybridized carbons (Fsp3) is 0.571. The van der Waals surface area contributed by atoms with Crippen LogP contribution in [0, 0.1) is 0 Å². The van der Waals surface area contributed by atoms with E-state index < -0.39 is 27.9 Å². The number of hydrogen-bond donors (Lipinski definition) is 0. The Hall–Kier alpha value is 0.515. The van der Waals surface area contributed by atoms with Crippen molar-refractivity contribution in [3.05, 3.63) is 35.9 Å². The van der Waals surface area contributed by atoms with Crippen LogP contribution in [-0.4, -0.2) is 19.0 Å². The normalized spacial score (nSPS) is 26.9. The van der Waals surface area contributed by atoms with Crippen molar-refractivity contribution < 1.29 is 36.7 Å². The molecule has 0 spiro atoms. The van der Waals surface area contributed by atoms with E-state index in [2.05, 4.69) is 36.2 Å². The number of halogens is 1. The van der Waals surface area contributed by atoms with Crippen LogP contribution in [-0.2, 0) is 43.1 Å². The third-order valence-electron chi connectivity index (χ3n) is 3.62. The molecule has 0 N–H and O–H groups in total. The van der Waals surface area contributed by atoms with Crippen molar-refractivity contribution in [1.29, 1.82) is 0 Å². The fourth-order valence-corrected chi connectivity index (χ4v) is 9.25. The molecular weight excluding hydrogens is 497 g/mol. The zero-order chi connectivity index (χ0) is 13.6.